The number of carbonyl (C=O) groups excluding carboxylic acids is 6. The van der Waals surface area contributed by atoms with E-state index in [9.17, 15) is 28.8 Å². The second-order valence-electron chi connectivity index (χ2n) is 5.84. The van der Waals surface area contributed by atoms with Crippen LogP contribution >= 0.6 is 0 Å². The molecule has 2 rings (SSSR count). The van der Waals surface area contributed by atoms with Crippen molar-refractivity contribution in [2.75, 3.05) is 13.1 Å². The summed E-state index contributed by atoms with van der Waals surface area (Å²) in [6.07, 6.45) is 6.15. The Labute approximate surface area is 154 Å². The Bertz CT molecular complexity index is 690. The fraction of sp³-hybridized carbons (Fsp3) is 0.412. The Morgan fingerprint density at radius 3 is 2.04 bits per heavy atom. The predicted molar refractivity (Wildman–Crippen MR) is 89.0 cm³/mol. The summed E-state index contributed by atoms with van der Waals surface area (Å²) < 4.78 is 0. The number of amides is 5. The van der Waals surface area contributed by atoms with Crippen molar-refractivity contribution in [3.05, 3.63) is 24.3 Å². The van der Waals surface area contributed by atoms with E-state index >= 15 is 0 Å². The normalized spacial score (nSPS) is 15.9. The van der Waals surface area contributed by atoms with E-state index in [2.05, 4.69) is 10.2 Å². The second kappa shape index (κ2) is 9.41. The van der Waals surface area contributed by atoms with Crippen molar-refractivity contribution in [2.24, 2.45) is 0 Å². The van der Waals surface area contributed by atoms with Gasteiger partial charge in [0.1, 0.15) is 0 Å². The Morgan fingerprint density at radius 1 is 0.815 bits per heavy atom. The van der Waals surface area contributed by atoms with Crippen molar-refractivity contribution >= 4 is 35.5 Å². The zero-order chi connectivity index (χ0) is 19.8. The summed E-state index contributed by atoms with van der Waals surface area (Å²) in [6, 6.07) is 0. The van der Waals surface area contributed by atoms with E-state index in [1.54, 1.807) is 0 Å². The number of carbonyl (C=O) groups is 6. The first-order valence-electron chi connectivity index (χ1n) is 8.45. The van der Waals surface area contributed by atoms with Crippen LogP contribution in [0.2, 0.25) is 0 Å². The lowest BCUT2D eigenvalue weighted by molar-refractivity contribution is -0.196. The lowest BCUT2D eigenvalue weighted by atomic mass is 10.2. The Kier molecular flexibility index (Phi) is 6.98. The molecule has 0 bridgehead atoms. The maximum atomic E-state index is 11.7. The number of hydroxylamine groups is 2. The lowest BCUT2D eigenvalue weighted by Gasteiger charge is -2.13. The third kappa shape index (κ3) is 5.87. The van der Waals surface area contributed by atoms with Crippen molar-refractivity contribution in [1.29, 1.82) is 0 Å². The van der Waals surface area contributed by atoms with Crippen LogP contribution in [0.25, 0.3) is 0 Å². The summed E-state index contributed by atoms with van der Waals surface area (Å²) in [7, 11) is 0. The molecular formula is C17H19N3O7. The van der Waals surface area contributed by atoms with Crippen molar-refractivity contribution in [2.45, 2.75) is 32.1 Å². The van der Waals surface area contributed by atoms with Gasteiger partial charge in [0, 0.05) is 50.2 Å². The van der Waals surface area contributed by atoms with Gasteiger partial charge in [0.25, 0.3) is 23.6 Å². The molecule has 10 heteroatoms. The molecular weight excluding hydrogens is 358 g/mol. The van der Waals surface area contributed by atoms with Gasteiger partial charge in [0.05, 0.1) is 0 Å². The average molecular weight is 377 g/mol. The van der Waals surface area contributed by atoms with Gasteiger partial charge < -0.3 is 10.2 Å². The summed E-state index contributed by atoms with van der Waals surface area (Å²) in [5, 5.41) is 3.07. The Hall–Kier alpha value is -3.30. The zero-order valence-electron chi connectivity index (χ0n) is 14.5. The molecule has 0 aromatic heterocycles. The molecule has 0 aromatic carbocycles. The molecule has 5 amide bonds. The molecule has 2 heterocycles. The zero-order valence-corrected chi connectivity index (χ0v) is 14.5. The molecule has 2 aliphatic heterocycles. The molecule has 27 heavy (non-hydrogen) atoms. The predicted octanol–water partition coefficient (Wildman–Crippen LogP) is -0.639. The molecule has 0 atom stereocenters. The van der Waals surface area contributed by atoms with Gasteiger partial charge in [-0.3, -0.25) is 28.9 Å². The first kappa shape index (κ1) is 20.0. The highest BCUT2D eigenvalue weighted by atomic mass is 16.7. The molecule has 0 radical (unpaired) electrons. The number of imide groups is 2. The molecule has 2 aliphatic rings. The number of unbranched alkanes of at least 4 members (excludes halogenated alkanes) is 2. The highest BCUT2D eigenvalue weighted by Crippen LogP contribution is 2.08. The van der Waals surface area contributed by atoms with Gasteiger partial charge in [0.2, 0.25) is 5.91 Å². The van der Waals surface area contributed by atoms with Gasteiger partial charge in [-0.2, -0.15) is 0 Å². The maximum absolute atomic E-state index is 11.7. The molecule has 0 unspecified atom stereocenters. The average Bonchev–Trinajstić information content (AvgIpc) is 3.12. The number of hydrogen-bond acceptors (Lipinski definition) is 7. The fourth-order valence-electron chi connectivity index (χ4n) is 2.38. The van der Waals surface area contributed by atoms with E-state index in [0.29, 0.717) is 30.9 Å². The van der Waals surface area contributed by atoms with Crippen LogP contribution in [0.4, 0.5) is 0 Å². The van der Waals surface area contributed by atoms with Crippen LogP contribution in [0.15, 0.2) is 24.3 Å². The van der Waals surface area contributed by atoms with E-state index in [4.69, 9.17) is 0 Å². The minimum absolute atomic E-state index is 0.0252. The molecule has 144 valence electrons. The first-order valence-corrected chi connectivity index (χ1v) is 8.45. The molecule has 0 spiro atoms. The molecule has 0 saturated heterocycles. The minimum atomic E-state index is -0.691. The van der Waals surface area contributed by atoms with Crippen LogP contribution in [0.5, 0.6) is 0 Å². The number of rotatable bonds is 10. The summed E-state index contributed by atoms with van der Waals surface area (Å²) >= 11 is 0. The quantitative estimate of drug-likeness (QED) is 0.396. The van der Waals surface area contributed by atoms with Crippen LogP contribution in [-0.4, -0.2) is 58.6 Å². The Morgan fingerprint density at radius 2 is 1.41 bits per heavy atom. The molecule has 1 N–H and O–H groups in total. The van der Waals surface area contributed by atoms with Crippen molar-refractivity contribution in [3.8, 4) is 0 Å². The maximum Gasteiger partial charge on any atom is 0.333 e. The molecule has 0 aliphatic carbocycles. The Balaban J connectivity index is 1.49. The van der Waals surface area contributed by atoms with E-state index in [1.165, 1.54) is 0 Å². The number of nitrogens with one attached hydrogen (secondary N) is 1. The van der Waals surface area contributed by atoms with Crippen LogP contribution in [-0.2, 0) is 33.6 Å². The fourth-order valence-corrected chi connectivity index (χ4v) is 2.38. The third-order valence-corrected chi connectivity index (χ3v) is 3.80. The topological polar surface area (TPSA) is 130 Å². The van der Waals surface area contributed by atoms with Gasteiger partial charge in [-0.05, 0) is 12.8 Å². The van der Waals surface area contributed by atoms with E-state index in [0.717, 1.165) is 29.2 Å². The standard InChI is InChI=1S/C17H19N3O7/c21-12(9-11-19-13(22)5-6-14(19)23)18-10-3-1-2-4-17(26)27-20-15(24)7-8-16(20)25/h5-8H,1-4,9-11H2,(H,18,21). The summed E-state index contributed by atoms with van der Waals surface area (Å²) in [4.78, 5) is 74.0. The van der Waals surface area contributed by atoms with E-state index in [-0.39, 0.29) is 25.3 Å². The van der Waals surface area contributed by atoms with Crippen molar-refractivity contribution < 1.29 is 33.6 Å². The van der Waals surface area contributed by atoms with Crippen LogP contribution in [0, 0.1) is 0 Å². The van der Waals surface area contributed by atoms with E-state index < -0.39 is 29.6 Å². The van der Waals surface area contributed by atoms with Gasteiger partial charge in [0.15, 0.2) is 0 Å². The number of nitrogens with zero attached hydrogens (tertiary/aromatic N) is 2. The molecule has 0 saturated carbocycles. The largest absolute Gasteiger partial charge is 0.356 e. The van der Waals surface area contributed by atoms with Gasteiger partial charge in [-0.15, -0.1) is 0 Å². The summed E-state index contributed by atoms with van der Waals surface area (Å²) in [5.74, 6) is -3.19. The second-order valence-corrected chi connectivity index (χ2v) is 5.84. The third-order valence-electron chi connectivity index (χ3n) is 3.80. The number of hydrogen-bond donors (Lipinski definition) is 1. The SMILES string of the molecule is O=C(CCN1C(=O)C=CC1=O)NCCCCCC(=O)ON1C(=O)C=CC1=O. The molecule has 0 aromatic rings. The van der Waals surface area contributed by atoms with Gasteiger partial charge in [-0.1, -0.05) is 11.5 Å². The van der Waals surface area contributed by atoms with Gasteiger partial charge in [-0.25, -0.2) is 4.79 Å². The van der Waals surface area contributed by atoms with Crippen LogP contribution in [0.1, 0.15) is 32.1 Å². The minimum Gasteiger partial charge on any atom is -0.356 e. The summed E-state index contributed by atoms with van der Waals surface area (Å²) in [5.41, 5.74) is 0. The smallest absolute Gasteiger partial charge is 0.333 e. The van der Waals surface area contributed by atoms with Crippen molar-refractivity contribution in [1.82, 2.24) is 15.3 Å². The highest BCUT2D eigenvalue weighted by Gasteiger charge is 2.27. The molecule has 10 nitrogen and oxygen atoms in total. The molecule has 0 fully saturated rings. The van der Waals surface area contributed by atoms with Crippen LogP contribution in [0.3, 0.4) is 0 Å². The highest BCUT2D eigenvalue weighted by molar-refractivity contribution is 6.13. The monoisotopic (exact) mass is 377 g/mol. The first-order chi connectivity index (χ1) is 12.9. The lowest BCUT2D eigenvalue weighted by Crippen LogP contribution is -2.35. The van der Waals surface area contributed by atoms with Crippen molar-refractivity contribution in [3.63, 3.8) is 0 Å². The van der Waals surface area contributed by atoms with Crippen LogP contribution < -0.4 is 5.32 Å². The van der Waals surface area contributed by atoms with Gasteiger partial charge >= 0.3 is 5.97 Å². The summed E-state index contributed by atoms with van der Waals surface area (Å²) in [6.45, 7) is 0.423. The van der Waals surface area contributed by atoms with E-state index in [1.807, 2.05) is 0 Å².